The Kier molecular flexibility index (Phi) is 4.57. The van der Waals surface area contributed by atoms with Crippen molar-refractivity contribution in [1.82, 2.24) is 15.6 Å². The Morgan fingerprint density at radius 1 is 1.00 bits per heavy atom. The summed E-state index contributed by atoms with van der Waals surface area (Å²) < 4.78 is 13.5. The smallest absolute Gasteiger partial charge is 0.315 e. The molecule has 0 bridgehead atoms. The molecule has 0 aliphatic carbocycles. The summed E-state index contributed by atoms with van der Waals surface area (Å²) >= 11 is 0. The van der Waals surface area contributed by atoms with Crippen LogP contribution in [0.15, 0.2) is 54.7 Å². The molecule has 3 rings (SSSR count). The van der Waals surface area contributed by atoms with Gasteiger partial charge in [-0.15, -0.1) is 0 Å². The summed E-state index contributed by atoms with van der Waals surface area (Å²) in [6.07, 6.45) is 2.70. The highest BCUT2D eigenvalue weighted by Crippen LogP contribution is 2.17. The molecule has 23 heavy (non-hydrogen) atoms. The largest absolute Gasteiger partial charge is 0.361 e. The molecule has 1 aromatic heterocycles. The number of benzene rings is 2. The fourth-order valence-corrected chi connectivity index (χ4v) is 2.53. The van der Waals surface area contributed by atoms with Crippen LogP contribution >= 0.6 is 0 Å². The number of nitrogens with one attached hydrogen (secondary N) is 3. The van der Waals surface area contributed by atoms with Crippen LogP contribution in [0.3, 0.4) is 0 Å². The van der Waals surface area contributed by atoms with E-state index in [1.165, 1.54) is 11.5 Å². The number of carbonyl (C=O) groups excluding carboxylic acids is 1. The van der Waals surface area contributed by atoms with Gasteiger partial charge in [0.05, 0.1) is 0 Å². The Hall–Kier alpha value is -2.82. The molecule has 5 heteroatoms. The third-order valence-corrected chi connectivity index (χ3v) is 3.75. The van der Waals surface area contributed by atoms with Crippen LogP contribution in [0.5, 0.6) is 0 Å². The van der Waals surface area contributed by atoms with E-state index in [1.54, 1.807) is 18.2 Å². The quantitative estimate of drug-likeness (QED) is 0.665. The molecule has 2 aromatic carbocycles. The summed E-state index contributed by atoms with van der Waals surface area (Å²) in [5, 5.41) is 6.62. The lowest BCUT2D eigenvalue weighted by atomic mass is 10.1. The molecule has 3 N–H and O–H groups in total. The second-order valence-electron chi connectivity index (χ2n) is 5.31. The van der Waals surface area contributed by atoms with Gasteiger partial charge in [-0.3, -0.25) is 0 Å². The van der Waals surface area contributed by atoms with Crippen molar-refractivity contribution in [2.45, 2.75) is 13.0 Å². The number of fused-ring (bicyclic) bond motifs is 1. The van der Waals surface area contributed by atoms with Gasteiger partial charge >= 0.3 is 6.03 Å². The normalized spacial score (nSPS) is 10.7. The molecular weight excluding hydrogens is 293 g/mol. The summed E-state index contributed by atoms with van der Waals surface area (Å²) in [6, 6.07) is 14.2. The van der Waals surface area contributed by atoms with E-state index in [9.17, 15) is 9.18 Å². The monoisotopic (exact) mass is 311 g/mol. The fourth-order valence-electron chi connectivity index (χ4n) is 2.53. The number of amides is 2. The lowest BCUT2D eigenvalue weighted by molar-refractivity contribution is 0.240. The molecule has 0 aliphatic heterocycles. The first kappa shape index (κ1) is 15.1. The molecule has 0 radical (unpaired) electrons. The lowest BCUT2D eigenvalue weighted by Crippen LogP contribution is -2.36. The van der Waals surface area contributed by atoms with E-state index < -0.39 is 0 Å². The minimum absolute atomic E-state index is 0.172. The molecule has 0 saturated carbocycles. The average Bonchev–Trinajstić information content (AvgIpc) is 2.98. The Bertz CT molecular complexity index is 813. The van der Waals surface area contributed by atoms with Gasteiger partial charge in [-0.05, 0) is 24.1 Å². The maximum Gasteiger partial charge on any atom is 0.315 e. The fraction of sp³-hybridized carbons (Fsp3) is 0.167. The molecule has 0 fully saturated rings. The first-order chi connectivity index (χ1) is 11.2. The number of para-hydroxylation sites is 1. The number of aromatic nitrogens is 1. The zero-order valence-corrected chi connectivity index (χ0v) is 12.6. The number of rotatable bonds is 5. The Balaban J connectivity index is 1.47. The third kappa shape index (κ3) is 3.69. The summed E-state index contributed by atoms with van der Waals surface area (Å²) in [5.41, 5.74) is 2.72. The van der Waals surface area contributed by atoms with Crippen molar-refractivity contribution in [3.05, 3.63) is 71.7 Å². The van der Waals surface area contributed by atoms with Crippen LogP contribution in [-0.4, -0.2) is 17.6 Å². The van der Waals surface area contributed by atoms with Crippen molar-refractivity contribution in [2.24, 2.45) is 0 Å². The molecule has 4 nitrogen and oxygen atoms in total. The van der Waals surface area contributed by atoms with Crippen molar-refractivity contribution in [2.75, 3.05) is 6.54 Å². The van der Waals surface area contributed by atoms with Gasteiger partial charge in [0, 0.05) is 35.8 Å². The van der Waals surface area contributed by atoms with Crippen LogP contribution in [0, 0.1) is 5.82 Å². The van der Waals surface area contributed by atoms with Gasteiger partial charge in [-0.1, -0.05) is 36.4 Å². The van der Waals surface area contributed by atoms with Crippen molar-refractivity contribution < 1.29 is 9.18 Å². The van der Waals surface area contributed by atoms with E-state index >= 15 is 0 Å². The molecule has 0 atom stereocenters. The van der Waals surface area contributed by atoms with Gasteiger partial charge in [0.2, 0.25) is 0 Å². The molecule has 2 amide bonds. The van der Waals surface area contributed by atoms with Crippen molar-refractivity contribution in [3.63, 3.8) is 0 Å². The highest BCUT2D eigenvalue weighted by Gasteiger charge is 2.05. The summed E-state index contributed by atoms with van der Waals surface area (Å²) in [6.45, 7) is 0.691. The zero-order chi connectivity index (χ0) is 16.1. The second-order valence-corrected chi connectivity index (χ2v) is 5.31. The molecule has 0 saturated heterocycles. The third-order valence-electron chi connectivity index (χ3n) is 3.75. The van der Waals surface area contributed by atoms with E-state index in [0.29, 0.717) is 12.1 Å². The highest BCUT2D eigenvalue weighted by atomic mass is 19.1. The highest BCUT2D eigenvalue weighted by molar-refractivity contribution is 5.83. The Morgan fingerprint density at radius 3 is 2.65 bits per heavy atom. The van der Waals surface area contributed by atoms with Crippen molar-refractivity contribution >= 4 is 16.9 Å². The van der Waals surface area contributed by atoms with E-state index in [-0.39, 0.29) is 18.4 Å². The van der Waals surface area contributed by atoms with E-state index in [2.05, 4.69) is 21.7 Å². The average molecular weight is 311 g/mol. The first-order valence-electron chi connectivity index (χ1n) is 7.54. The number of aromatic amines is 1. The second kappa shape index (κ2) is 6.96. The molecule has 0 spiro atoms. The Morgan fingerprint density at radius 2 is 1.78 bits per heavy atom. The van der Waals surface area contributed by atoms with Crippen molar-refractivity contribution in [3.8, 4) is 0 Å². The summed E-state index contributed by atoms with van der Waals surface area (Å²) in [7, 11) is 0. The Labute approximate surface area is 133 Å². The molecule has 0 unspecified atom stereocenters. The predicted octanol–water partition coefficient (Wildman–Crippen LogP) is 3.35. The summed E-state index contributed by atoms with van der Waals surface area (Å²) in [4.78, 5) is 15.0. The topological polar surface area (TPSA) is 56.9 Å². The van der Waals surface area contributed by atoms with Gasteiger partial charge in [-0.25, -0.2) is 9.18 Å². The van der Waals surface area contributed by atoms with Crippen LogP contribution in [0.1, 0.15) is 11.1 Å². The van der Waals surface area contributed by atoms with E-state index in [0.717, 1.165) is 17.5 Å². The van der Waals surface area contributed by atoms with Crippen LogP contribution in [0.2, 0.25) is 0 Å². The molecular formula is C18H18FN3O. The zero-order valence-electron chi connectivity index (χ0n) is 12.6. The lowest BCUT2D eigenvalue weighted by Gasteiger charge is -2.08. The molecule has 0 aliphatic rings. The van der Waals surface area contributed by atoms with Gasteiger partial charge in [0.15, 0.2) is 0 Å². The number of halogens is 1. The van der Waals surface area contributed by atoms with Crippen LogP contribution < -0.4 is 10.6 Å². The molecule has 118 valence electrons. The minimum atomic E-state index is -0.313. The maximum absolute atomic E-state index is 13.5. The number of carbonyl (C=O) groups is 1. The van der Waals surface area contributed by atoms with Crippen molar-refractivity contribution in [1.29, 1.82) is 0 Å². The van der Waals surface area contributed by atoms with E-state index in [4.69, 9.17) is 0 Å². The number of urea groups is 1. The standard InChI is InChI=1S/C18H18FN3O/c19-16-7-3-1-5-14(16)12-22-18(23)20-10-9-13-11-21-17-8-4-2-6-15(13)17/h1-8,11,21H,9-10,12H2,(H2,20,22,23). The van der Waals surface area contributed by atoms with E-state index in [1.807, 2.05) is 24.4 Å². The number of H-pyrrole nitrogens is 1. The van der Waals surface area contributed by atoms with Gasteiger partial charge in [-0.2, -0.15) is 0 Å². The molecule has 3 aromatic rings. The first-order valence-corrected chi connectivity index (χ1v) is 7.54. The van der Waals surface area contributed by atoms with Crippen LogP contribution in [0.4, 0.5) is 9.18 Å². The maximum atomic E-state index is 13.5. The number of hydrogen-bond donors (Lipinski definition) is 3. The van der Waals surface area contributed by atoms with Crippen LogP contribution in [-0.2, 0) is 13.0 Å². The van der Waals surface area contributed by atoms with Gasteiger partial charge < -0.3 is 15.6 Å². The van der Waals surface area contributed by atoms with Gasteiger partial charge in [0.25, 0.3) is 0 Å². The SMILES string of the molecule is O=C(NCCc1c[nH]c2ccccc12)NCc1ccccc1F. The van der Waals surface area contributed by atoms with Gasteiger partial charge in [0.1, 0.15) is 5.82 Å². The predicted molar refractivity (Wildman–Crippen MR) is 88.6 cm³/mol. The van der Waals surface area contributed by atoms with Crippen LogP contribution in [0.25, 0.3) is 10.9 Å². The minimum Gasteiger partial charge on any atom is -0.361 e. The summed E-state index contributed by atoms with van der Waals surface area (Å²) in [5.74, 6) is -0.313. The molecule has 1 heterocycles. The number of hydrogen-bond acceptors (Lipinski definition) is 1.